The van der Waals surface area contributed by atoms with E-state index in [2.05, 4.69) is 40.0 Å². The maximum Gasteiger partial charge on any atom is 0.252 e. The molecule has 2 atom stereocenters. The van der Waals surface area contributed by atoms with Gasteiger partial charge in [-0.15, -0.1) is 0 Å². The summed E-state index contributed by atoms with van der Waals surface area (Å²) in [6, 6.07) is 6.89. The number of aliphatic hydroxyl groups excluding tert-OH is 1. The van der Waals surface area contributed by atoms with Crippen molar-refractivity contribution in [1.29, 1.82) is 0 Å². The Morgan fingerprint density at radius 1 is 1.15 bits per heavy atom. The highest BCUT2D eigenvalue weighted by atomic mass is 16.5. The molecule has 0 spiro atoms. The van der Waals surface area contributed by atoms with E-state index in [1.807, 2.05) is 26.0 Å². The molecule has 3 aliphatic rings. The quantitative estimate of drug-likeness (QED) is 0.396. The lowest BCUT2D eigenvalue weighted by Crippen LogP contribution is -2.52. The molecule has 9 nitrogen and oxygen atoms in total. The molecule has 1 aliphatic carbocycles. The second kappa shape index (κ2) is 12.4. The van der Waals surface area contributed by atoms with Crippen LogP contribution in [0.2, 0.25) is 0 Å². The molecule has 5 rings (SSSR count). The molecule has 0 amide bonds. The van der Waals surface area contributed by atoms with Crippen LogP contribution in [0.25, 0.3) is 0 Å². The Hall–Kier alpha value is -2.43. The third-order valence-corrected chi connectivity index (χ3v) is 8.59. The Morgan fingerprint density at radius 2 is 1.92 bits per heavy atom. The van der Waals surface area contributed by atoms with Gasteiger partial charge in [-0.25, -0.2) is 0 Å². The minimum absolute atomic E-state index is 0.125. The van der Waals surface area contributed by atoms with Crippen LogP contribution in [0, 0.1) is 20.8 Å². The van der Waals surface area contributed by atoms with Gasteiger partial charge in [-0.1, -0.05) is 0 Å². The number of benzene rings is 1. The zero-order valence-corrected chi connectivity index (χ0v) is 23.8. The van der Waals surface area contributed by atoms with Crippen LogP contribution in [0.3, 0.4) is 0 Å². The van der Waals surface area contributed by atoms with Gasteiger partial charge in [0.05, 0.1) is 25.9 Å². The molecule has 2 aromatic rings. The summed E-state index contributed by atoms with van der Waals surface area (Å²) in [5.41, 5.74) is 5.08. The van der Waals surface area contributed by atoms with E-state index in [0.717, 1.165) is 92.5 Å². The number of rotatable bonds is 10. The number of aromatic nitrogens is 1. The number of anilines is 1. The summed E-state index contributed by atoms with van der Waals surface area (Å²) in [4.78, 5) is 20.3. The number of aliphatic hydroxyl groups is 1. The Labute approximate surface area is 231 Å². The molecule has 214 valence electrons. The monoisotopic (exact) mass is 540 g/mol. The van der Waals surface area contributed by atoms with Crippen molar-refractivity contribution in [1.82, 2.24) is 15.2 Å². The van der Waals surface area contributed by atoms with Crippen LogP contribution in [-0.4, -0.2) is 79.2 Å². The van der Waals surface area contributed by atoms with Crippen molar-refractivity contribution >= 4 is 5.69 Å². The highest BCUT2D eigenvalue weighted by Gasteiger charge is 2.36. The second-order valence-corrected chi connectivity index (χ2v) is 11.2. The maximum absolute atomic E-state index is 12.5. The van der Waals surface area contributed by atoms with Gasteiger partial charge in [0, 0.05) is 80.2 Å². The van der Waals surface area contributed by atoms with Gasteiger partial charge in [0.15, 0.2) is 0 Å². The van der Waals surface area contributed by atoms with Crippen LogP contribution in [0.15, 0.2) is 23.0 Å². The summed E-state index contributed by atoms with van der Waals surface area (Å²) in [5, 5.41) is 14.5. The summed E-state index contributed by atoms with van der Waals surface area (Å²) in [7, 11) is 0. The fraction of sp³-hybridized carbons (Fsp3) is 0.633. The molecule has 9 heteroatoms. The molecule has 3 fully saturated rings. The zero-order chi connectivity index (χ0) is 27.5. The van der Waals surface area contributed by atoms with Gasteiger partial charge >= 0.3 is 0 Å². The molecule has 2 aliphatic heterocycles. The summed E-state index contributed by atoms with van der Waals surface area (Å²) in [5.74, 6) is 0.776. The van der Waals surface area contributed by atoms with Crippen molar-refractivity contribution in [3.05, 3.63) is 56.5 Å². The van der Waals surface area contributed by atoms with E-state index in [-0.39, 0.29) is 18.2 Å². The van der Waals surface area contributed by atoms with Crippen molar-refractivity contribution in [3.8, 4) is 5.75 Å². The van der Waals surface area contributed by atoms with Gasteiger partial charge in [0.2, 0.25) is 0 Å². The van der Waals surface area contributed by atoms with Crippen LogP contribution in [0.4, 0.5) is 5.69 Å². The zero-order valence-electron chi connectivity index (χ0n) is 23.8. The predicted octanol–water partition coefficient (Wildman–Crippen LogP) is 2.94. The van der Waals surface area contributed by atoms with Gasteiger partial charge in [0.25, 0.3) is 5.56 Å². The van der Waals surface area contributed by atoms with E-state index in [4.69, 9.17) is 14.2 Å². The van der Waals surface area contributed by atoms with Gasteiger partial charge in [-0.2, -0.15) is 0 Å². The molecule has 1 aromatic carbocycles. The van der Waals surface area contributed by atoms with E-state index in [9.17, 15) is 9.90 Å². The second-order valence-electron chi connectivity index (χ2n) is 11.2. The summed E-state index contributed by atoms with van der Waals surface area (Å²) in [6.07, 6.45) is 2.19. The van der Waals surface area contributed by atoms with Crippen molar-refractivity contribution in [2.45, 2.75) is 77.9 Å². The number of likely N-dealkylation sites (N-methyl/N-ethyl adjacent to an activating group) is 1. The van der Waals surface area contributed by atoms with Gasteiger partial charge in [-0.05, 0) is 57.4 Å². The molecule has 2 unspecified atom stereocenters. The first-order valence-corrected chi connectivity index (χ1v) is 14.4. The number of ether oxygens (including phenoxy) is 3. The first-order chi connectivity index (χ1) is 18.8. The van der Waals surface area contributed by atoms with Crippen LogP contribution < -0.4 is 20.5 Å². The smallest absolute Gasteiger partial charge is 0.252 e. The minimum Gasteiger partial charge on any atom is -0.490 e. The fourth-order valence-corrected chi connectivity index (χ4v) is 6.21. The Morgan fingerprint density at radius 3 is 2.59 bits per heavy atom. The number of hydrogen-bond acceptors (Lipinski definition) is 8. The largest absolute Gasteiger partial charge is 0.490 e. The van der Waals surface area contributed by atoms with Gasteiger partial charge < -0.3 is 29.2 Å². The van der Waals surface area contributed by atoms with Crippen molar-refractivity contribution in [3.63, 3.8) is 0 Å². The van der Waals surface area contributed by atoms with Crippen LogP contribution in [0.5, 0.6) is 5.75 Å². The van der Waals surface area contributed by atoms with Crippen LogP contribution in [-0.2, 0) is 16.0 Å². The number of nitrogens with one attached hydrogen (secondary N) is 2. The van der Waals surface area contributed by atoms with Crippen molar-refractivity contribution in [2.24, 2.45) is 0 Å². The van der Waals surface area contributed by atoms with E-state index in [1.54, 1.807) is 0 Å². The van der Waals surface area contributed by atoms with Crippen LogP contribution in [0.1, 0.15) is 60.4 Å². The Bertz CT molecular complexity index is 1180. The van der Waals surface area contributed by atoms with E-state index in [1.165, 1.54) is 0 Å². The first kappa shape index (κ1) is 28.1. The number of pyridine rings is 1. The molecule has 3 N–H and O–H groups in total. The number of nitrogens with zero attached hydrogens (tertiary/aromatic N) is 2. The number of aromatic amines is 1. The van der Waals surface area contributed by atoms with E-state index in [0.29, 0.717) is 24.3 Å². The average Bonchev–Trinajstić information content (AvgIpc) is 3.42. The third-order valence-electron chi connectivity index (χ3n) is 8.59. The van der Waals surface area contributed by atoms with Gasteiger partial charge in [-0.3, -0.25) is 15.0 Å². The highest BCUT2D eigenvalue weighted by Crippen LogP contribution is 2.37. The SMILES string of the molecule is CCN(c1cc(OC2CC(N3CCOCC3)C2)cc(C(O)NCc2c(C)cc(C)[nH]c2=O)c1C)C1CCOC1. The molecular formula is C30H44N4O5. The van der Waals surface area contributed by atoms with Crippen molar-refractivity contribution < 1.29 is 19.3 Å². The minimum atomic E-state index is -0.951. The normalized spacial score (nSPS) is 24.4. The number of H-pyrrole nitrogens is 1. The maximum atomic E-state index is 12.5. The molecule has 2 saturated heterocycles. The lowest BCUT2D eigenvalue weighted by molar-refractivity contribution is -0.0374. The Balaban J connectivity index is 1.36. The lowest BCUT2D eigenvalue weighted by Gasteiger charge is -2.44. The first-order valence-electron chi connectivity index (χ1n) is 14.4. The predicted molar refractivity (Wildman–Crippen MR) is 152 cm³/mol. The molecule has 1 aromatic heterocycles. The molecule has 0 radical (unpaired) electrons. The number of aryl methyl sites for hydroxylation is 2. The molecule has 3 heterocycles. The molecule has 0 bridgehead atoms. The Kier molecular flexibility index (Phi) is 8.93. The standard InChI is InChI=1S/C30H44N4O5/c1-5-34(22-6-9-38-18-22)28-16-25(39-24-13-23(14-24)33-7-10-37-11-8-33)15-26(21(28)4)29(35)31-17-27-19(2)12-20(3)32-30(27)36/h12,15-16,22-24,29,31,35H,5-11,13-14,17-18H2,1-4H3,(H,32,36). The van der Waals surface area contributed by atoms with Crippen molar-refractivity contribution in [2.75, 3.05) is 51.0 Å². The molecular weight excluding hydrogens is 496 g/mol. The van der Waals surface area contributed by atoms with E-state index < -0.39 is 6.23 Å². The van der Waals surface area contributed by atoms with Gasteiger partial charge in [0.1, 0.15) is 18.1 Å². The van der Waals surface area contributed by atoms with Crippen LogP contribution >= 0.6 is 0 Å². The topological polar surface area (TPSA) is 99.3 Å². The highest BCUT2D eigenvalue weighted by molar-refractivity contribution is 5.61. The lowest BCUT2D eigenvalue weighted by atomic mass is 9.87. The molecule has 39 heavy (non-hydrogen) atoms. The summed E-state index contributed by atoms with van der Waals surface area (Å²) in [6.45, 7) is 14.2. The summed E-state index contributed by atoms with van der Waals surface area (Å²) < 4.78 is 17.7. The third kappa shape index (κ3) is 6.33. The molecule has 1 saturated carbocycles. The fourth-order valence-electron chi connectivity index (χ4n) is 6.21. The average molecular weight is 541 g/mol. The summed E-state index contributed by atoms with van der Waals surface area (Å²) >= 11 is 0. The van der Waals surface area contributed by atoms with E-state index >= 15 is 0 Å². The number of morpholine rings is 1. The number of hydrogen-bond donors (Lipinski definition) is 3.